The fourth-order valence-electron chi connectivity index (χ4n) is 3.40. The second kappa shape index (κ2) is 7.97. The molecule has 0 fully saturated rings. The lowest BCUT2D eigenvalue weighted by Crippen LogP contribution is -2.27. The van der Waals surface area contributed by atoms with Crippen LogP contribution >= 0.6 is 11.6 Å². The normalized spacial score (nSPS) is 11.0. The number of ketones is 1. The number of carbonyl (C=O) groups is 1. The van der Waals surface area contributed by atoms with Gasteiger partial charge in [0.1, 0.15) is 5.75 Å². The van der Waals surface area contributed by atoms with Crippen LogP contribution in [-0.2, 0) is 13.1 Å². The molecule has 0 unspecified atom stereocenters. The van der Waals surface area contributed by atoms with Crippen LogP contribution in [0.5, 0.6) is 5.75 Å². The van der Waals surface area contributed by atoms with Crippen LogP contribution in [0.3, 0.4) is 0 Å². The number of carbonyl (C=O) groups excluding carboxylic acids is 1. The third-order valence-electron chi connectivity index (χ3n) is 4.94. The fraction of sp³-hybridized carbons (Fsp3) is 0.130. The van der Waals surface area contributed by atoms with Gasteiger partial charge in [0.2, 0.25) is 5.62 Å². The maximum absolute atomic E-state index is 12.8. The van der Waals surface area contributed by atoms with Crippen LogP contribution in [0.4, 0.5) is 0 Å². The Labute approximate surface area is 173 Å². The van der Waals surface area contributed by atoms with E-state index in [2.05, 4.69) is 0 Å². The Kier molecular flexibility index (Phi) is 5.23. The van der Waals surface area contributed by atoms with Crippen LogP contribution in [0.1, 0.15) is 15.9 Å². The molecule has 3 aromatic carbocycles. The topological polar surface area (TPSA) is 60.0 Å². The van der Waals surface area contributed by atoms with Crippen LogP contribution < -0.4 is 10.4 Å². The summed E-state index contributed by atoms with van der Waals surface area (Å²) in [7, 11) is 1.59. The summed E-state index contributed by atoms with van der Waals surface area (Å²) >= 11 is 5.99. The molecule has 1 aromatic heterocycles. The minimum Gasteiger partial charge on any atom is -0.497 e. The summed E-state index contributed by atoms with van der Waals surface area (Å²) in [5.41, 5.74) is 3.68. The zero-order valence-corrected chi connectivity index (χ0v) is 16.7. The van der Waals surface area contributed by atoms with E-state index < -0.39 is 0 Å². The number of fused-ring (bicyclic) bond motifs is 1. The van der Waals surface area contributed by atoms with Crippen molar-refractivity contribution in [1.82, 2.24) is 9.13 Å². The molecule has 0 radical (unpaired) electrons. The molecule has 1 heterocycles. The largest absolute Gasteiger partial charge is 0.497 e. The van der Waals surface area contributed by atoms with Crippen molar-refractivity contribution < 1.29 is 9.53 Å². The molecule has 0 bridgehead atoms. The Balaban J connectivity index is 1.70. The molecule has 0 aliphatic rings. The van der Waals surface area contributed by atoms with Gasteiger partial charge in [-0.2, -0.15) is 0 Å². The summed E-state index contributed by atoms with van der Waals surface area (Å²) in [5.74, 6) is 0.649. The van der Waals surface area contributed by atoms with Crippen molar-refractivity contribution in [3.8, 4) is 5.75 Å². The molecule has 4 aromatic rings. The first-order chi connectivity index (χ1) is 14.1. The van der Waals surface area contributed by atoms with E-state index in [9.17, 15) is 4.79 Å². The summed E-state index contributed by atoms with van der Waals surface area (Å²) < 4.78 is 8.80. The molecular formula is C23H20ClN3O2. The lowest BCUT2D eigenvalue weighted by Gasteiger charge is -2.06. The van der Waals surface area contributed by atoms with Crippen molar-refractivity contribution in [2.75, 3.05) is 7.11 Å². The summed E-state index contributed by atoms with van der Waals surface area (Å²) in [6, 6.07) is 22.4. The second-order valence-electron chi connectivity index (χ2n) is 6.76. The zero-order chi connectivity index (χ0) is 20.4. The molecule has 6 heteroatoms. The molecule has 0 aliphatic heterocycles. The first-order valence-corrected chi connectivity index (χ1v) is 9.59. The van der Waals surface area contributed by atoms with E-state index in [0.29, 0.717) is 22.9 Å². The van der Waals surface area contributed by atoms with Crippen molar-refractivity contribution >= 4 is 28.4 Å². The lowest BCUT2D eigenvalue weighted by atomic mass is 10.1. The summed E-state index contributed by atoms with van der Waals surface area (Å²) in [4.78, 5) is 12.8. The molecule has 0 amide bonds. The Bertz CT molecular complexity index is 1220. The average molecular weight is 406 g/mol. The molecule has 0 aliphatic carbocycles. The molecule has 0 saturated carbocycles. The fourth-order valence-corrected chi connectivity index (χ4v) is 3.52. The van der Waals surface area contributed by atoms with E-state index in [0.717, 1.165) is 16.6 Å². The van der Waals surface area contributed by atoms with E-state index in [-0.39, 0.29) is 17.9 Å². The number of para-hydroxylation sites is 2. The molecular weight excluding hydrogens is 386 g/mol. The summed E-state index contributed by atoms with van der Waals surface area (Å²) in [6.45, 7) is 0.625. The number of nitrogens with one attached hydrogen (secondary N) is 1. The molecule has 146 valence electrons. The number of aromatic nitrogens is 2. The lowest BCUT2D eigenvalue weighted by molar-refractivity contribution is 0.0971. The van der Waals surface area contributed by atoms with Crippen LogP contribution in [0, 0.1) is 5.41 Å². The molecule has 0 atom stereocenters. The van der Waals surface area contributed by atoms with Crippen LogP contribution in [-0.4, -0.2) is 22.0 Å². The van der Waals surface area contributed by atoms with Gasteiger partial charge in [0.25, 0.3) is 0 Å². The van der Waals surface area contributed by atoms with Crippen LogP contribution in [0.2, 0.25) is 5.02 Å². The van der Waals surface area contributed by atoms with Gasteiger partial charge in [-0.3, -0.25) is 10.2 Å². The van der Waals surface area contributed by atoms with E-state index in [1.54, 1.807) is 35.9 Å². The monoisotopic (exact) mass is 405 g/mol. The Hall–Kier alpha value is -3.31. The minimum atomic E-state index is -0.0550. The van der Waals surface area contributed by atoms with Gasteiger partial charge in [-0.15, -0.1) is 0 Å². The van der Waals surface area contributed by atoms with Gasteiger partial charge in [0.05, 0.1) is 31.2 Å². The van der Waals surface area contributed by atoms with E-state index >= 15 is 0 Å². The first kappa shape index (κ1) is 19.0. The third kappa shape index (κ3) is 3.82. The smallest absolute Gasteiger partial charge is 0.203 e. The SMILES string of the molecule is COc1ccc(C(=O)Cn2c(=N)n(Cc3ccc(Cl)cc3)c3ccccc32)cc1. The molecule has 29 heavy (non-hydrogen) atoms. The van der Waals surface area contributed by atoms with Crippen molar-refractivity contribution in [3.05, 3.63) is 94.6 Å². The van der Waals surface area contributed by atoms with Crippen molar-refractivity contribution in [2.24, 2.45) is 0 Å². The Morgan fingerprint density at radius 1 is 0.931 bits per heavy atom. The van der Waals surface area contributed by atoms with Gasteiger partial charge < -0.3 is 13.9 Å². The number of hydrogen-bond donors (Lipinski definition) is 1. The molecule has 5 nitrogen and oxygen atoms in total. The zero-order valence-electron chi connectivity index (χ0n) is 15.9. The third-order valence-corrected chi connectivity index (χ3v) is 5.19. The molecule has 4 rings (SSSR count). The average Bonchev–Trinajstić information content (AvgIpc) is 3.01. The maximum Gasteiger partial charge on any atom is 0.203 e. The number of nitrogens with zero attached hydrogens (tertiary/aromatic N) is 2. The van der Waals surface area contributed by atoms with Crippen molar-refractivity contribution in [2.45, 2.75) is 13.1 Å². The van der Waals surface area contributed by atoms with Gasteiger partial charge >= 0.3 is 0 Å². The van der Waals surface area contributed by atoms with Gasteiger partial charge in [-0.05, 0) is 54.1 Å². The number of imidazole rings is 1. The van der Waals surface area contributed by atoms with Crippen molar-refractivity contribution in [1.29, 1.82) is 5.41 Å². The molecule has 0 spiro atoms. The van der Waals surface area contributed by atoms with Gasteiger partial charge in [0.15, 0.2) is 5.78 Å². The quantitative estimate of drug-likeness (QED) is 0.479. The Morgan fingerprint density at radius 2 is 1.55 bits per heavy atom. The minimum absolute atomic E-state index is 0.0550. The molecule has 0 saturated heterocycles. The number of Topliss-reactive ketones (excluding diaryl/α,β-unsaturated/α-hetero) is 1. The second-order valence-corrected chi connectivity index (χ2v) is 7.20. The predicted octanol–water partition coefficient (Wildman–Crippen LogP) is 4.52. The van der Waals surface area contributed by atoms with Crippen LogP contribution in [0.25, 0.3) is 11.0 Å². The van der Waals surface area contributed by atoms with Gasteiger partial charge in [-0.25, -0.2) is 0 Å². The highest BCUT2D eigenvalue weighted by Crippen LogP contribution is 2.17. The number of methoxy groups -OCH3 is 1. The number of ether oxygens (including phenoxy) is 1. The number of halogens is 1. The predicted molar refractivity (Wildman–Crippen MR) is 114 cm³/mol. The highest BCUT2D eigenvalue weighted by molar-refractivity contribution is 6.30. The first-order valence-electron chi connectivity index (χ1n) is 9.21. The van der Waals surface area contributed by atoms with Gasteiger partial charge in [-0.1, -0.05) is 35.9 Å². The van der Waals surface area contributed by atoms with Crippen molar-refractivity contribution in [3.63, 3.8) is 0 Å². The summed E-state index contributed by atoms with van der Waals surface area (Å²) in [6.07, 6.45) is 0. The highest BCUT2D eigenvalue weighted by atomic mass is 35.5. The molecule has 1 N–H and O–H groups in total. The number of benzene rings is 3. The Morgan fingerprint density at radius 3 is 2.17 bits per heavy atom. The standard InChI is InChI=1S/C23H20ClN3O2/c1-29-19-12-8-17(9-13-19)22(28)15-27-21-5-3-2-4-20(21)26(23(27)25)14-16-6-10-18(24)11-7-16/h2-13,25H,14-15H2,1H3. The van der Waals surface area contributed by atoms with E-state index in [4.69, 9.17) is 21.7 Å². The maximum atomic E-state index is 12.8. The number of rotatable bonds is 6. The summed E-state index contributed by atoms with van der Waals surface area (Å²) in [5, 5.41) is 9.39. The van der Waals surface area contributed by atoms with E-state index in [1.807, 2.05) is 53.1 Å². The van der Waals surface area contributed by atoms with E-state index in [1.165, 1.54) is 0 Å². The van der Waals surface area contributed by atoms with Crippen LogP contribution in [0.15, 0.2) is 72.8 Å². The highest BCUT2D eigenvalue weighted by Gasteiger charge is 2.15. The van der Waals surface area contributed by atoms with Gasteiger partial charge in [0, 0.05) is 10.6 Å². The number of hydrogen-bond acceptors (Lipinski definition) is 3.